The third kappa shape index (κ3) is 2.82. The Morgan fingerprint density at radius 3 is 2.75 bits per heavy atom. The van der Waals surface area contributed by atoms with E-state index in [4.69, 9.17) is 4.74 Å². The van der Waals surface area contributed by atoms with Crippen molar-refractivity contribution >= 4 is 38.4 Å². The number of carbonyl (C=O) groups excluding carboxylic acids is 1. The van der Waals surface area contributed by atoms with Crippen molar-refractivity contribution in [2.24, 2.45) is 10.9 Å². The van der Waals surface area contributed by atoms with Gasteiger partial charge >= 0.3 is 0 Å². The summed E-state index contributed by atoms with van der Waals surface area (Å²) in [6, 6.07) is 7.24. The van der Waals surface area contributed by atoms with E-state index in [1.165, 1.54) is 11.8 Å². The highest BCUT2D eigenvalue weighted by atomic mass is 32.2. The number of rotatable bonds is 3. The van der Waals surface area contributed by atoms with Gasteiger partial charge in [0, 0.05) is 11.2 Å². The summed E-state index contributed by atoms with van der Waals surface area (Å²) in [6.07, 6.45) is 1.80. The number of amidine groups is 1. The van der Waals surface area contributed by atoms with Gasteiger partial charge in [-0.05, 0) is 25.0 Å². The zero-order chi connectivity index (χ0) is 16.9. The number of anilines is 1. The van der Waals surface area contributed by atoms with Gasteiger partial charge < -0.3 is 9.64 Å². The summed E-state index contributed by atoms with van der Waals surface area (Å²) in [7, 11) is -1.48. The van der Waals surface area contributed by atoms with Crippen LogP contribution in [0.1, 0.15) is 12.8 Å². The third-order valence-electron chi connectivity index (χ3n) is 4.54. The van der Waals surface area contributed by atoms with Crippen LogP contribution in [-0.2, 0) is 14.6 Å². The normalized spacial score (nSPS) is 29.7. The molecule has 0 bridgehead atoms. The van der Waals surface area contributed by atoms with Gasteiger partial charge in [-0.25, -0.2) is 8.42 Å². The van der Waals surface area contributed by atoms with Gasteiger partial charge in [0.15, 0.2) is 15.0 Å². The third-order valence-corrected chi connectivity index (χ3v) is 7.75. The highest BCUT2D eigenvalue weighted by molar-refractivity contribution is 8.16. The number of amides is 1. The fraction of sp³-hybridized carbons (Fsp3) is 0.500. The molecule has 3 fully saturated rings. The van der Waals surface area contributed by atoms with Crippen molar-refractivity contribution in [2.45, 2.75) is 24.1 Å². The van der Waals surface area contributed by atoms with E-state index in [1.807, 2.05) is 29.2 Å². The molecule has 1 amide bonds. The molecule has 1 aromatic carbocycles. The Kier molecular flexibility index (Phi) is 3.84. The molecule has 1 aromatic rings. The average Bonchev–Trinajstić information content (AvgIpc) is 3.28. The van der Waals surface area contributed by atoms with Crippen LogP contribution >= 0.6 is 11.8 Å². The summed E-state index contributed by atoms with van der Waals surface area (Å²) >= 11 is 1.40. The van der Waals surface area contributed by atoms with Crippen LogP contribution in [0, 0.1) is 5.92 Å². The summed E-state index contributed by atoms with van der Waals surface area (Å²) in [5.74, 6) is 0.806. The van der Waals surface area contributed by atoms with E-state index in [2.05, 4.69) is 4.99 Å². The highest BCUT2D eigenvalue weighted by Crippen LogP contribution is 2.44. The van der Waals surface area contributed by atoms with Crippen LogP contribution in [0.3, 0.4) is 0 Å². The molecule has 1 aliphatic carbocycles. The second-order valence-electron chi connectivity index (χ2n) is 6.35. The number of aliphatic imine (C=N–C) groups is 1. The van der Waals surface area contributed by atoms with Crippen molar-refractivity contribution in [1.29, 1.82) is 0 Å². The molecule has 0 N–H and O–H groups in total. The average molecular weight is 366 g/mol. The number of thioether (sulfide) groups is 1. The standard InChI is InChI=1S/C16H18N2O4S2/c1-22-13-5-3-2-4-11(13)18-12-8-24(20,21)9-14(12)23-16(18)17-15(19)10-6-7-10/h2-5,10,12,14H,6-9H2,1H3/t12-,14+/m1/s1. The number of sulfone groups is 1. The minimum atomic E-state index is -3.07. The largest absolute Gasteiger partial charge is 0.495 e. The summed E-state index contributed by atoms with van der Waals surface area (Å²) in [5, 5.41) is 0.506. The molecule has 0 unspecified atom stereocenters. The van der Waals surface area contributed by atoms with Crippen molar-refractivity contribution in [1.82, 2.24) is 0 Å². The first-order valence-corrected chi connectivity index (χ1v) is 10.6. The Labute approximate surface area is 145 Å². The molecule has 8 heteroatoms. The molecule has 3 aliphatic rings. The number of para-hydroxylation sites is 2. The lowest BCUT2D eigenvalue weighted by atomic mass is 10.2. The van der Waals surface area contributed by atoms with Crippen LogP contribution < -0.4 is 9.64 Å². The van der Waals surface area contributed by atoms with Gasteiger partial charge in [0.2, 0.25) is 0 Å². The van der Waals surface area contributed by atoms with Crippen LogP contribution in [0.5, 0.6) is 5.75 Å². The predicted octanol–water partition coefficient (Wildman–Crippen LogP) is 1.71. The second-order valence-corrected chi connectivity index (χ2v) is 9.71. The molecule has 4 rings (SSSR count). The zero-order valence-electron chi connectivity index (χ0n) is 13.2. The Bertz CT molecular complexity index is 817. The SMILES string of the molecule is COc1ccccc1N1C(=NC(=O)C2CC2)S[C@H]2CS(=O)(=O)C[C@H]21. The monoisotopic (exact) mass is 366 g/mol. The van der Waals surface area contributed by atoms with E-state index in [1.54, 1.807) is 7.11 Å². The van der Waals surface area contributed by atoms with Crippen molar-refractivity contribution < 1.29 is 17.9 Å². The van der Waals surface area contributed by atoms with Gasteiger partial charge in [-0.1, -0.05) is 23.9 Å². The molecule has 128 valence electrons. The molecule has 2 atom stereocenters. The topological polar surface area (TPSA) is 76.0 Å². The number of carbonyl (C=O) groups is 1. The zero-order valence-corrected chi connectivity index (χ0v) is 14.8. The number of hydrogen-bond donors (Lipinski definition) is 0. The lowest BCUT2D eigenvalue weighted by Gasteiger charge is -2.26. The van der Waals surface area contributed by atoms with E-state index in [-0.39, 0.29) is 34.6 Å². The smallest absolute Gasteiger partial charge is 0.251 e. The minimum absolute atomic E-state index is 0.0433. The van der Waals surface area contributed by atoms with Crippen LogP contribution in [0.2, 0.25) is 0 Å². The molecular formula is C16H18N2O4S2. The molecule has 0 radical (unpaired) electrons. The van der Waals surface area contributed by atoms with Crippen molar-refractivity contribution in [3.05, 3.63) is 24.3 Å². The van der Waals surface area contributed by atoms with Gasteiger partial charge in [0.05, 0.1) is 30.3 Å². The van der Waals surface area contributed by atoms with Gasteiger partial charge in [-0.15, -0.1) is 0 Å². The molecular weight excluding hydrogens is 348 g/mol. The molecule has 24 heavy (non-hydrogen) atoms. The predicted molar refractivity (Wildman–Crippen MR) is 94.5 cm³/mol. The summed E-state index contributed by atoms with van der Waals surface area (Å²) in [6.45, 7) is 0. The van der Waals surface area contributed by atoms with Gasteiger partial charge in [-0.2, -0.15) is 4.99 Å². The van der Waals surface area contributed by atoms with Crippen molar-refractivity contribution in [3.63, 3.8) is 0 Å². The summed E-state index contributed by atoms with van der Waals surface area (Å²) < 4.78 is 29.5. The van der Waals surface area contributed by atoms with Gasteiger partial charge in [0.1, 0.15) is 5.75 Å². The molecule has 0 aromatic heterocycles. The van der Waals surface area contributed by atoms with E-state index in [0.29, 0.717) is 10.9 Å². The summed E-state index contributed by atoms with van der Waals surface area (Å²) in [4.78, 5) is 18.4. The quantitative estimate of drug-likeness (QED) is 0.811. The van der Waals surface area contributed by atoms with Crippen LogP contribution in [0.4, 0.5) is 5.69 Å². The maximum atomic E-state index is 12.2. The van der Waals surface area contributed by atoms with Crippen LogP contribution in [0.25, 0.3) is 0 Å². The maximum absolute atomic E-state index is 12.2. The lowest BCUT2D eigenvalue weighted by Crippen LogP contribution is -2.38. The number of methoxy groups -OCH3 is 1. The molecule has 2 aliphatic heterocycles. The Morgan fingerprint density at radius 1 is 1.29 bits per heavy atom. The number of fused-ring (bicyclic) bond motifs is 1. The summed E-state index contributed by atoms with van der Waals surface area (Å²) in [5.41, 5.74) is 0.763. The maximum Gasteiger partial charge on any atom is 0.251 e. The Hall–Kier alpha value is -1.54. The molecule has 2 saturated heterocycles. The highest BCUT2D eigenvalue weighted by Gasteiger charge is 2.50. The van der Waals surface area contributed by atoms with Crippen LogP contribution in [-0.4, -0.2) is 49.4 Å². The molecule has 1 saturated carbocycles. The van der Waals surface area contributed by atoms with Crippen LogP contribution in [0.15, 0.2) is 29.3 Å². The molecule has 6 nitrogen and oxygen atoms in total. The minimum Gasteiger partial charge on any atom is -0.495 e. The number of benzene rings is 1. The van der Waals surface area contributed by atoms with E-state index in [0.717, 1.165) is 18.5 Å². The fourth-order valence-corrected chi connectivity index (χ4v) is 7.10. The van der Waals surface area contributed by atoms with E-state index in [9.17, 15) is 13.2 Å². The molecule has 2 heterocycles. The van der Waals surface area contributed by atoms with Gasteiger partial charge in [-0.3, -0.25) is 4.79 Å². The first-order valence-electron chi connectivity index (χ1n) is 7.90. The van der Waals surface area contributed by atoms with Crippen molar-refractivity contribution in [2.75, 3.05) is 23.5 Å². The lowest BCUT2D eigenvalue weighted by molar-refractivity contribution is -0.118. The fourth-order valence-electron chi connectivity index (χ4n) is 3.19. The Morgan fingerprint density at radius 2 is 2.04 bits per heavy atom. The second kappa shape index (κ2) is 5.77. The number of nitrogens with zero attached hydrogens (tertiary/aromatic N) is 2. The number of ether oxygens (including phenoxy) is 1. The first-order chi connectivity index (χ1) is 11.5. The molecule has 0 spiro atoms. The Balaban J connectivity index is 1.76. The van der Waals surface area contributed by atoms with E-state index < -0.39 is 9.84 Å². The van der Waals surface area contributed by atoms with Crippen molar-refractivity contribution in [3.8, 4) is 5.75 Å². The van der Waals surface area contributed by atoms with Gasteiger partial charge in [0.25, 0.3) is 5.91 Å². The van der Waals surface area contributed by atoms with E-state index >= 15 is 0 Å². The first kappa shape index (κ1) is 16.0. The number of hydrogen-bond acceptors (Lipinski definition) is 5.